The topological polar surface area (TPSA) is 0 Å². The van der Waals surface area contributed by atoms with Gasteiger partial charge in [0.1, 0.15) is 6.54 Å². The smallest absolute Gasteiger partial charge is 0.327 e. The molecule has 0 bridgehead atoms. The summed E-state index contributed by atoms with van der Waals surface area (Å²) in [5, 5.41) is 0. The maximum Gasteiger partial charge on any atom is 0.416 e. The quantitative estimate of drug-likeness (QED) is 0.669. The summed E-state index contributed by atoms with van der Waals surface area (Å²) in [7, 11) is 5.83. The van der Waals surface area contributed by atoms with E-state index in [0.717, 1.165) is 6.07 Å². The SMILES string of the molecule is C[N+](C)(C)Cc1cccc(C(F)(F)F)c1. The molecule has 4 heteroatoms. The first-order valence-electron chi connectivity index (χ1n) is 4.65. The zero-order valence-electron chi connectivity index (χ0n) is 9.10. The van der Waals surface area contributed by atoms with Crippen LogP contribution in [-0.2, 0) is 12.7 Å². The Balaban J connectivity index is 2.94. The van der Waals surface area contributed by atoms with E-state index in [1.54, 1.807) is 6.07 Å². The zero-order valence-corrected chi connectivity index (χ0v) is 9.10. The van der Waals surface area contributed by atoms with Gasteiger partial charge in [-0.2, -0.15) is 13.2 Å². The lowest BCUT2D eigenvalue weighted by Crippen LogP contribution is -2.33. The Morgan fingerprint density at radius 3 is 2.20 bits per heavy atom. The standard InChI is InChI=1S/C11H15F3N/c1-15(2,3)8-9-5-4-6-10(7-9)11(12,13)14/h4-7H,8H2,1-3H3/q+1. The van der Waals surface area contributed by atoms with Crippen molar-refractivity contribution in [2.45, 2.75) is 12.7 Å². The van der Waals surface area contributed by atoms with Gasteiger partial charge >= 0.3 is 6.18 Å². The van der Waals surface area contributed by atoms with Crippen LogP contribution >= 0.6 is 0 Å². The van der Waals surface area contributed by atoms with Gasteiger partial charge < -0.3 is 4.48 Å². The number of quaternary nitrogens is 1. The Morgan fingerprint density at radius 1 is 1.13 bits per heavy atom. The minimum atomic E-state index is -4.25. The predicted octanol–water partition coefficient (Wildman–Crippen LogP) is 2.91. The van der Waals surface area contributed by atoms with Gasteiger partial charge in [-0.25, -0.2) is 0 Å². The molecule has 0 saturated heterocycles. The highest BCUT2D eigenvalue weighted by Crippen LogP contribution is 2.29. The average molecular weight is 218 g/mol. The molecule has 1 nitrogen and oxygen atoms in total. The number of hydrogen-bond donors (Lipinski definition) is 0. The lowest BCUT2D eigenvalue weighted by atomic mass is 10.1. The third kappa shape index (κ3) is 3.91. The van der Waals surface area contributed by atoms with Crippen molar-refractivity contribution in [2.75, 3.05) is 21.1 Å². The molecule has 0 aromatic heterocycles. The first kappa shape index (κ1) is 12.0. The number of rotatable bonds is 2. The molecule has 0 fully saturated rings. The van der Waals surface area contributed by atoms with Crippen LogP contribution in [0.4, 0.5) is 13.2 Å². The molecule has 0 radical (unpaired) electrons. The maximum absolute atomic E-state index is 12.4. The number of nitrogens with zero attached hydrogens (tertiary/aromatic N) is 1. The van der Waals surface area contributed by atoms with Crippen LogP contribution in [0.5, 0.6) is 0 Å². The number of halogens is 3. The predicted molar refractivity (Wildman–Crippen MR) is 53.2 cm³/mol. The molecule has 1 aromatic rings. The Hall–Kier alpha value is -1.03. The van der Waals surface area contributed by atoms with Crippen LogP contribution in [0.25, 0.3) is 0 Å². The molecule has 84 valence electrons. The fourth-order valence-electron chi connectivity index (χ4n) is 1.39. The van der Waals surface area contributed by atoms with Crippen LogP contribution < -0.4 is 0 Å². The highest BCUT2D eigenvalue weighted by molar-refractivity contribution is 5.25. The molecule has 0 amide bonds. The van der Waals surface area contributed by atoms with Crippen molar-refractivity contribution < 1.29 is 17.7 Å². The monoisotopic (exact) mass is 218 g/mol. The van der Waals surface area contributed by atoms with Gasteiger partial charge in [0.15, 0.2) is 0 Å². The first-order chi connectivity index (χ1) is 6.68. The second kappa shape index (κ2) is 3.85. The van der Waals surface area contributed by atoms with E-state index >= 15 is 0 Å². The van der Waals surface area contributed by atoms with E-state index in [9.17, 15) is 13.2 Å². The Labute approximate surface area is 87.7 Å². The van der Waals surface area contributed by atoms with Crippen molar-refractivity contribution in [3.05, 3.63) is 35.4 Å². The molecular formula is C11H15F3N+. The number of alkyl halides is 3. The van der Waals surface area contributed by atoms with E-state index in [1.807, 2.05) is 21.1 Å². The molecule has 0 aliphatic rings. The third-order valence-electron chi connectivity index (χ3n) is 1.91. The summed E-state index contributed by atoms with van der Waals surface area (Å²) < 4.78 is 37.8. The third-order valence-corrected chi connectivity index (χ3v) is 1.91. The second-order valence-electron chi connectivity index (χ2n) is 4.65. The van der Waals surface area contributed by atoms with E-state index in [1.165, 1.54) is 12.1 Å². The highest BCUT2D eigenvalue weighted by atomic mass is 19.4. The van der Waals surface area contributed by atoms with Gasteiger partial charge in [0, 0.05) is 5.56 Å². The Kier molecular flexibility index (Phi) is 3.09. The largest absolute Gasteiger partial charge is 0.416 e. The summed E-state index contributed by atoms with van der Waals surface area (Å²) in [5.74, 6) is 0. The molecule has 0 saturated carbocycles. The molecule has 0 heterocycles. The molecule has 15 heavy (non-hydrogen) atoms. The van der Waals surface area contributed by atoms with E-state index in [0.29, 0.717) is 16.6 Å². The zero-order chi connectivity index (χ0) is 11.7. The molecule has 1 aromatic carbocycles. The van der Waals surface area contributed by atoms with Crippen LogP contribution in [0, 0.1) is 0 Å². The number of hydrogen-bond acceptors (Lipinski definition) is 0. The molecule has 0 unspecified atom stereocenters. The van der Waals surface area contributed by atoms with Crippen LogP contribution in [-0.4, -0.2) is 25.6 Å². The summed E-state index contributed by atoms with van der Waals surface area (Å²) in [4.78, 5) is 0. The second-order valence-corrected chi connectivity index (χ2v) is 4.65. The van der Waals surface area contributed by atoms with Gasteiger partial charge in [-0.3, -0.25) is 0 Å². The van der Waals surface area contributed by atoms with Crippen molar-refractivity contribution in [3.8, 4) is 0 Å². The molecule has 0 atom stereocenters. The van der Waals surface area contributed by atoms with Crippen molar-refractivity contribution in [1.82, 2.24) is 0 Å². The van der Waals surface area contributed by atoms with E-state index < -0.39 is 11.7 Å². The lowest BCUT2D eigenvalue weighted by molar-refractivity contribution is -0.884. The molecule has 0 N–H and O–H groups in total. The molecule has 0 aliphatic heterocycles. The van der Waals surface area contributed by atoms with Crippen molar-refractivity contribution in [1.29, 1.82) is 0 Å². The normalized spacial score (nSPS) is 12.9. The van der Waals surface area contributed by atoms with Crippen LogP contribution in [0.3, 0.4) is 0 Å². The number of benzene rings is 1. The minimum Gasteiger partial charge on any atom is -0.327 e. The summed E-state index contributed by atoms with van der Waals surface area (Å²) in [6.07, 6.45) is -4.25. The van der Waals surface area contributed by atoms with Crippen LogP contribution in [0.1, 0.15) is 11.1 Å². The Morgan fingerprint density at radius 2 is 1.73 bits per heavy atom. The maximum atomic E-state index is 12.4. The summed E-state index contributed by atoms with van der Waals surface area (Å²) >= 11 is 0. The molecular weight excluding hydrogens is 203 g/mol. The van der Waals surface area contributed by atoms with Crippen molar-refractivity contribution in [2.24, 2.45) is 0 Å². The van der Waals surface area contributed by atoms with E-state index in [4.69, 9.17) is 0 Å². The van der Waals surface area contributed by atoms with Crippen LogP contribution in [0.15, 0.2) is 24.3 Å². The fourth-order valence-corrected chi connectivity index (χ4v) is 1.39. The summed E-state index contributed by atoms with van der Waals surface area (Å²) in [6.45, 7) is 0.587. The fraction of sp³-hybridized carbons (Fsp3) is 0.455. The molecule has 0 spiro atoms. The molecule has 0 aliphatic carbocycles. The highest BCUT2D eigenvalue weighted by Gasteiger charge is 2.30. The van der Waals surface area contributed by atoms with Gasteiger partial charge in [0.05, 0.1) is 26.7 Å². The minimum absolute atomic E-state index is 0.576. The van der Waals surface area contributed by atoms with Gasteiger partial charge in [0.2, 0.25) is 0 Å². The summed E-state index contributed by atoms with van der Waals surface area (Å²) in [6, 6.07) is 5.48. The van der Waals surface area contributed by atoms with Crippen molar-refractivity contribution >= 4 is 0 Å². The van der Waals surface area contributed by atoms with Crippen molar-refractivity contribution in [3.63, 3.8) is 0 Å². The van der Waals surface area contributed by atoms with Gasteiger partial charge in [0.25, 0.3) is 0 Å². The first-order valence-corrected chi connectivity index (χ1v) is 4.65. The van der Waals surface area contributed by atoms with Gasteiger partial charge in [-0.15, -0.1) is 0 Å². The lowest BCUT2D eigenvalue weighted by Gasteiger charge is -2.24. The average Bonchev–Trinajstić information content (AvgIpc) is 1.99. The van der Waals surface area contributed by atoms with E-state index in [-0.39, 0.29) is 0 Å². The summed E-state index contributed by atoms with van der Waals surface area (Å²) in [5.41, 5.74) is 0.130. The molecule has 1 rings (SSSR count). The van der Waals surface area contributed by atoms with Gasteiger partial charge in [-0.05, 0) is 12.1 Å². The van der Waals surface area contributed by atoms with E-state index in [2.05, 4.69) is 0 Å². The Bertz CT molecular complexity index is 336. The van der Waals surface area contributed by atoms with Crippen LogP contribution in [0.2, 0.25) is 0 Å². The van der Waals surface area contributed by atoms with Gasteiger partial charge in [-0.1, -0.05) is 12.1 Å².